The van der Waals surface area contributed by atoms with Gasteiger partial charge in [0.2, 0.25) is 0 Å². The van der Waals surface area contributed by atoms with E-state index in [4.69, 9.17) is 5.21 Å². The fourth-order valence-electron chi connectivity index (χ4n) is 1.36. The van der Waals surface area contributed by atoms with Gasteiger partial charge >= 0.3 is 0 Å². The first-order valence-corrected chi connectivity index (χ1v) is 5.10. The average molecular weight is 207 g/mol. The number of rotatable bonds is 2. The van der Waals surface area contributed by atoms with E-state index in [0.717, 1.165) is 5.56 Å². The van der Waals surface area contributed by atoms with Gasteiger partial charge in [-0.25, -0.2) is 0 Å². The molecule has 72 valence electrons. The summed E-state index contributed by atoms with van der Waals surface area (Å²) in [5.41, 5.74) is 0.410. The van der Waals surface area contributed by atoms with Crippen LogP contribution in [0, 0.1) is 0 Å². The van der Waals surface area contributed by atoms with Crippen LogP contribution in [0.3, 0.4) is 0 Å². The van der Waals surface area contributed by atoms with Gasteiger partial charge in [-0.3, -0.25) is 0 Å². The van der Waals surface area contributed by atoms with Gasteiger partial charge in [-0.05, 0) is 5.56 Å². The molecule has 1 atom stereocenters. The Bertz CT molecular complexity index is 366. The Hall–Kier alpha value is -1.36. The molecule has 1 aliphatic rings. The van der Waals surface area contributed by atoms with Gasteiger partial charge in [-0.1, -0.05) is 35.5 Å². The van der Waals surface area contributed by atoms with Crippen molar-refractivity contribution < 1.29 is 5.21 Å². The molecule has 5 heteroatoms. The number of oxime groups is 1. The van der Waals surface area contributed by atoms with Crippen molar-refractivity contribution >= 4 is 18.2 Å². The van der Waals surface area contributed by atoms with Crippen LogP contribution in [0.25, 0.3) is 0 Å². The van der Waals surface area contributed by atoms with E-state index >= 15 is 0 Å². The van der Waals surface area contributed by atoms with E-state index in [1.807, 2.05) is 30.3 Å². The quantitative estimate of drug-likeness (QED) is 0.350. The van der Waals surface area contributed by atoms with Crippen LogP contribution in [0.5, 0.6) is 0 Å². The van der Waals surface area contributed by atoms with E-state index in [0.29, 0.717) is 5.75 Å². The molecule has 0 saturated heterocycles. The summed E-state index contributed by atoms with van der Waals surface area (Å²) in [5.74, 6) is 0.682. The zero-order valence-electron chi connectivity index (χ0n) is 7.37. The molecule has 1 N–H and O–H groups in total. The van der Waals surface area contributed by atoms with Gasteiger partial charge in [0.25, 0.3) is 0 Å². The fourth-order valence-corrected chi connectivity index (χ4v) is 2.12. The molecule has 0 aliphatic carbocycles. The van der Waals surface area contributed by atoms with Crippen molar-refractivity contribution in [1.29, 1.82) is 0 Å². The third kappa shape index (κ3) is 1.50. The normalized spacial score (nSPS) is 26.0. The van der Waals surface area contributed by atoms with E-state index in [9.17, 15) is 0 Å². The van der Waals surface area contributed by atoms with Crippen LogP contribution < -0.4 is 0 Å². The van der Waals surface area contributed by atoms with Crippen LogP contribution >= 0.6 is 11.9 Å². The standard InChI is InChI=1S/C9H9N3OS/c13-10-6-9(7-14-12-11-9)8-4-2-1-3-5-8/h1-6,13H,7H2. The highest BCUT2D eigenvalue weighted by molar-refractivity contribution is 7.98. The van der Waals surface area contributed by atoms with Gasteiger partial charge in [-0.15, -0.1) is 4.52 Å². The second-order valence-corrected chi connectivity index (χ2v) is 3.70. The molecule has 0 spiro atoms. The third-order valence-corrected chi connectivity index (χ3v) is 2.87. The molecule has 0 fully saturated rings. The Morgan fingerprint density at radius 2 is 2.21 bits per heavy atom. The lowest BCUT2D eigenvalue weighted by molar-refractivity contribution is 0.317. The molecule has 1 unspecified atom stereocenters. The number of hydrogen-bond acceptors (Lipinski definition) is 5. The molecule has 1 aromatic carbocycles. The van der Waals surface area contributed by atoms with Gasteiger partial charge in [0.15, 0.2) is 5.54 Å². The van der Waals surface area contributed by atoms with Crippen LogP contribution in [0.15, 0.2) is 45.1 Å². The van der Waals surface area contributed by atoms with E-state index in [2.05, 4.69) is 14.8 Å². The summed E-state index contributed by atoms with van der Waals surface area (Å²) in [5, 5.41) is 15.8. The highest BCUT2D eigenvalue weighted by atomic mass is 32.2. The summed E-state index contributed by atoms with van der Waals surface area (Å²) in [4.78, 5) is 0. The maximum atomic E-state index is 8.61. The summed E-state index contributed by atoms with van der Waals surface area (Å²) < 4.78 is 3.87. The van der Waals surface area contributed by atoms with Gasteiger partial charge in [0, 0.05) is 11.9 Å². The monoisotopic (exact) mass is 207 g/mol. The molecule has 1 aromatic rings. The molecule has 14 heavy (non-hydrogen) atoms. The predicted octanol–water partition coefficient (Wildman–Crippen LogP) is 2.46. The number of nitrogens with zero attached hydrogens (tertiary/aromatic N) is 3. The number of hydrogen-bond donors (Lipinski definition) is 1. The Balaban J connectivity index is 2.42. The van der Waals surface area contributed by atoms with Gasteiger partial charge in [0.05, 0.1) is 12.0 Å². The molecule has 0 amide bonds. The van der Waals surface area contributed by atoms with E-state index in [1.54, 1.807) is 0 Å². The van der Waals surface area contributed by atoms with E-state index in [1.165, 1.54) is 18.2 Å². The summed E-state index contributed by atoms with van der Waals surface area (Å²) in [6.07, 6.45) is 1.42. The molecule has 2 rings (SSSR count). The minimum absolute atomic E-state index is 0.583. The highest BCUT2D eigenvalue weighted by Gasteiger charge is 2.34. The van der Waals surface area contributed by atoms with E-state index in [-0.39, 0.29) is 0 Å². The first-order valence-electron chi connectivity index (χ1n) is 4.16. The molecule has 0 radical (unpaired) electrons. The molecular formula is C9H9N3OS. The minimum atomic E-state index is -0.583. The fraction of sp³-hybridized carbons (Fsp3) is 0.222. The average Bonchev–Trinajstić information content (AvgIpc) is 2.70. The molecule has 0 bridgehead atoms. The lowest BCUT2D eigenvalue weighted by atomic mass is 9.94. The minimum Gasteiger partial charge on any atom is -0.411 e. The zero-order chi connectivity index (χ0) is 9.86. The van der Waals surface area contributed by atoms with Crippen molar-refractivity contribution in [2.75, 3.05) is 5.75 Å². The summed E-state index contributed by atoms with van der Waals surface area (Å²) in [6, 6.07) is 9.70. The second-order valence-electron chi connectivity index (χ2n) is 2.99. The van der Waals surface area contributed by atoms with Crippen molar-refractivity contribution in [3.8, 4) is 0 Å². The summed E-state index contributed by atoms with van der Waals surface area (Å²) in [7, 11) is 0. The van der Waals surface area contributed by atoms with Crippen molar-refractivity contribution in [2.24, 2.45) is 14.8 Å². The van der Waals surface area contributed by atoms with Crippen LogP contribution in [-0.4, -0.2) is 17.2 Å². The first kappa shape index (κ1) is 9.21. The van der Waals surface area contributed by atoms with Crippen molar-refractivity contribution in [3.05, 3.63) is 35.9 Å². The highest BCUT2D eigenvalue weighted by Crippen LogP contribution is 2.35. The maximum absolute atomic E-state index is 8.61. The SMILES string of the molecule is ON=CC1(c2ccccc2)CSN=N1. The topological polar surface area (TPSA) is 57.3 Å². The molecule has 1 heterocycles. The van der Waals surface area contributed by atoms with Crippen molar-refractivity contribution in [1.82, 2.24) is 0 Å². The van der Waals surface area contributed by atoms with Crippen molar-refractivity contribution in [2.45, 2.75) is 5.54 Å². The molecule has 1 aliphatic heterocycles. The maximum Gasteiger partial charge on any atom is 0.156 e. The van der Waals surface area contributed by atoms with Gasteiger partial charge in [0.1, 0.15) is 0 Å². The Morgan fingerprint density at radius 3 is 2.79 bits per heavy atom. The van der Waals surface area contributed by atoms with Crippen LogP contribution in [0.2, 0.25) is 0 Å². The number of benzene rings is 1. The first-order chi connectivity index (χ1) is 6.87. The lowest BCUT2D eigenvalue weighted by Gasteiger charge is -2.17. The van der Waals surface area contributed by atoms with E-state index < -0.39 is 5.54 Å². The van der Waals surface area contributed by atoms with Crippen LogP contribution in [-0.2, 0) is 5.54 Å². The van der Waals surface area contributed by atoms with Crippen LogP contribution in [0.1, 0.15) is 5.56 Å². The zero-order valence-corrected chi connectivity index (χ0v) is 8.18. The van der Waals surface area contributed by atoms with Gasteiger partial charge in [-0.2, -0.15) is 5.11 Å². The smallest absolute Gasteiger partial charge is 0.156 e. The molecule has 4 nitrogen and oxygen atoms in total. The van der Waals surface area contributed by atoms with Gasteiger partial charge < -0.3 is 5.21 Å². The Labute approximate surface area is 85.9 Å². The molecule has 0 saturated carbocycles. The lowest BCUT2D eigenvalue weighted by Crippen LogP contribution is -2.25. The largest absolute Gasteiger partial charge is 0.411 e. The Kier molecular flexibility index (Phi) is 2.49. The van der Waals surface area contributed by atoms with Crippen molar-refractivity contribution in [3.63, 3.8) is 0 Å². The second kappa shape index (κ2) is 3.79. The molecule has 0 aromatic heterocycles. The third-order valence-electron chi connectivity index (χ3n) is 2.11. The van der Waals surface area contributed by atoms with Crippen LogP contribution in [0.4, 0.5) is 0 Å². The predicted molar refractivity (Wildman–Crippen MR) is 55.7 cm³/mol. The molecular weight excluding hydrogens is 198 g/mol. The summed E-state index contributed by atoms with van der Waals surface area (Å²) >= 11 is 1.37. The summed E-state index contributed by atoms with van der Waals surface area (Å²) in [6.45, 7) is 0. The Morgan fingerprint density at radius 1 is 1.43 bits per heavy atom.